The number of nitrogen functional groups attached to an aromatic ring is 1. The van der Waals surface area contributed by atoms with Crippen LogP contribution in [-0.2, 0) is 38.2 Å². The molecule has 528 valence electrons. The molecule has 26 nitrogen and oxygen atoms in total. The number of amides is 7. The van der Waals surface area contributed by atoms with Gasteiger partial charge in [0.1, 0.15) is 45.9 Å². The molecule has 9 rings (SSSR count). The number of aromatic hydroxyl groups is 3. The number of carboxylic acids is 1. The van der Waals surface area contributed by atoms with E-state index in [4.69, 9.17) is 21.7 Å². The van der Waals surface area contributed by atoms with Crippen LogP contribution in [0, 0.1) is 38.5 Å². The zero-order valence-electron chi connectivity index (χ0n) is 58.5. The van der Waals surface area contributed by atoms with E-state index < -0.39 is 66.0 Å². The van der Waals surface area contributed by atoms with Gasteiger partial charge >= 0.3 is 47.7 Å². The predicted octanol–water partition coefficient (Wildman–Crippen LogP) is 11.8. The first kappa shape index (κ1) is 76.6. The Morgan fingerprint density at radius 2 is 0.908 bits per heavy atom. The van der Waals surface area contributed by atoms with Crippen molar-refractivity contribution < 1.29 is 74.0 Å². The number of carbonyl (C=O) groups excluding carboxylic acids is 7. The Morgan fingerprint density at radius 1 is 0.541 bits per heavy atom. The van der Waals surface area contributed by atoms with Crippen LogP contribution in [-0.4, -0.2) is 131 Å². The number of anilines is 6. The highest BCUT2D eigenvalue weighted by Crippen LogP contribution is 2.37. The first-order valence-electron chi connectivity index (χ1n) is 32.6. The fourth-order valence-electron chi connectivity index (χ4n) is 10.8. The van der Waals surface area contributed by atoms with Crippen molar-refractivity contribution in [2.75, 3.05) is 59.1 Å². The summed E-state index contributed by atoms with van der Waals surface area (Å²) in [5, 5.41) is 53.4. The molecule has 3 aromatic heterocycles. The predicted molar refractivity (Wildman–Crippen MR) is 371 cm³/mol. The van der Waals surface area contributed by atoms with Crippen LogP contribution in [0.2, 0.25) is 0 Å². The minimum absolute atomic E-state index is 0.120. The van der Waals surface area contributed by atoms with Gasteiger partial charge < -0.3 is 66.7 Å². The van der Waals surface area contributed by atoms with Crippen LogP contribution < -0.4 is 37.6 Å². The molecule has 7 amide bonds. The van der Waals surface area contributed by atoms with E-state index in [-0.39, 0.29) is 41.0 Å². The summed E-state index contributed by atoms with van der Waals surface area (Å²) in [4.78, 5) is 112. The number of nitrogens with one attached hydrogen (secondary N) is 6. The maximum Gasteiger partial charge on any atom is 0.413 e. The summed E-state index contributed by atoms with van der Waals surface area (Å²) in [5.41, 5.74) is 10.1. The number of nitrogens with two attached hydrogens (primary N) is 1. The van der Waals surface area contributed by atoms with Gasteiger partial charge in [-0.3, -0.25) is 39.0 Å². The van der Waals surface area contributed by atoms with Gasteiger partial charge in [-0.2, -0.15) is 0 Å². The van der Waals surface area contributed by atoms with Crippen molar-refractivity contribution in [3.05, 3.63) is 143 Å². The van der Waals surface area contributed by atoms with Crippen LogP contribution in [0.15, 0.2) is 110 Å². The monoisotopic (exact) mass is 1360 g/mol. The van der Waals surface area contributed by atoms with Gasteiger partial charge in [0.25, 0.3) is 0 Å². The Morgan fingerprint density at radius 3 is 1.27 bits per heavy atom. The molecule has 3 aliphatic rings. The minimum atomic E-state index is -1.59. The second-order valence-electron chi connectivity index (χ2n) is 26.4. The number of aliphatic carboxylic acids is 1. The number of likely N-dealkylation sites (tertiary alicyclic amines) is 2. The van der Waals surface area contributed by atoms with Gasteiger partial charge in [0.2, 0.25) is 0 Å². The van der Waals surface area contributed by atoms with E-state index in [0.29, 0.717) is 71.4 Å². The first-order chi connectivity index (χ1) is 46.5. The number of nitrogens with zero attached hydrogens (tertiary/aromatic N) is 5. The number of aromatic nitrogens is 3. The number of piperidine rings is 3. The quantitative estimate of drug-likeness (QED) is 0.0631. The highest BCUT2D eigenvalue weighted by atomic mass is 19.1. The van der Waals surface area contributed by atoms with Crippen molar-refractivity contribution in [1.29, 1.82) is 0 Å². The number of hydrogen-bond acceptors (Lipinski definition) is 18. The van der Waals surface area contributed by atoms with Gasteiger partial charge in [-0.05, 0) is 213 Å². The highest BCUT2D eigenvalue weighted by Gasteiger charge is 2.36. The molecule has 3 aromatic carbocycles. The third-order valence-corrected chi connectivity index (χ3v) is 15.5. The molecule has 0 aliphatic carbocycles. The SMILES string of the molecule is CC1CCC(c2cccc(O)c2)NC1.Cc1cc(NC(=O)C(=O)N2CC(C)CCC2c2cccc(O)c2)cnc1NC(=O)OC(C)(C)C.Cc1cc(NC(=O)C(=O)N2C[C@H](C)CC[C@H]2c2cccc(O)c2)cnc1N.Cc1cc(NC(=O)C(=O)O)cnc1NC(=O)OC(C)(C)C.[2H]CF. The molecule has 6 heterocycles. The van der Waals surface area contributed by atoms with Crippen molar-refractivity contribution in [3.63, 3.8) is 0 Å². The van der Waals surface area contributed by atoms with E-state index in [2.05, 4.69) is 66.8 Å². The Bertz CT molecular complexity index is 3790. The molecule has 0 saturated carbocycles. The lowest BCUT2D eigenvalue weighted by atomic mass is 9.89. The number of hydrogen-bond donors (Lipinski definition) is 11. The largest absolute Gasteiger partial charge is 0.508 e. The van der Waals surface area contributed by atoms with E-state index in [9.17, 15) is 58.1 Å². The van der Waals surface area contributed by atoms with Gasteiger partial charge in [0.05, 0.1) is 56.3 Å². The molecule has 4 unspecified atom stereocenters. The molecule has 6 aromatic rings. The van der Waals surface area contributed by atoms with E-state index in [1.165, 1.54) is 43.1 Å². The second-order valence-corrected chi connectivity index (χ2v) is 26.4. The Balaban J connectivity index is 0.000000244. The molecule has 0 bridgehead atoms. The summed E-state index contributed by atoms with van der Waals surface area (Å²) in [6.07, 6.45) is 8.51. The Kier molecular flexibility index (Phi) is 28.2. The lowest BCUT2D eigenvalue weighted by molar-refractivity contribution is -0.147. The maximum absolute atomic E-state index is 13.1. The highest BCUT2D eigenvalue weighted by molar-refractivity contribution is 6.40. The van der Waals surface area contributed by atoms with Crippen molar-refractivity contribution in [2.24, 2.45) is 17.8 Å². The number of carboxylic acid groups (broad SMARTS) is 1. The molecule has 12 N–H and O–H groups in total. The summed E-state index contributed by atoms with van der Waals surface area (Å²) >= 11 is 0. The summed E-state index contributed by atoms with van der Waals surface area (Å²) in [5.74, 6) is -2.56. The van der Waals surface area contributed by atoms with Crippen LogP contribution in [0.1, 0.15) is 154 Å². The van der Waals surface area contributed by atoms with Crippen LogP contribution >= 0.6 is 0 Å². The average Bonchev–Trinajstić information content (AvgIpc) is 0.812. The smallest absolute Gasteiger partial charge is 0.413 e. The van der Waals surface area contributed by atoms with E-state index >= 15 is 0 Å². The van der Waals surface area contributed by atoms with Gasteiger partial charge in [0, 0.05) is 19.1 Å². The van der Waals surface area contributed by atoms with Crippen molar-refractivity contribution >= 4 is 82.2 Å². The Labute approximate surface area is 572 Å². The van der Waals surface area contributed by atoms with Gasteiger partial charge in [-0.25, -0.2) is 29.3 Å². The number of halogens is 1. The van der Waals surface area contributed by atoms with Crippen LogP contribution in [0.25, 0.3) is 0 Å². The molecule has 3 aliphatic heterocycles. The average molecular weight is 1360 g/mol. The lowest BCUT2D eigenvalue weighted by Crippen LogP contribution is -2.46. The first-order valence-corrected chi connectivity index (χ1v) is 31.9. The number of ether oxygens (including phenoxy) is 2. The maximum atomic E-state index is 13.1. The zero-order valence-corrected chi connectivity index (χ0v) is 57.5. The number of carbonyl (C=O) groups is 8. The normalized spacial score (nSPS) is 18.1. The lowest BCUT2D eigenvalue weighted by Gasteiger charge is -2.38. The molecule has 3 fully saturated rings. The number of alkyl halides is 1. The summed E-state index contributed by atoms with van der Waals surface area (Å²) in [6, 6.07) is 25.9. The number of pyridine rings is 3. The number of rotatable bonds is 8. The molecule has 27 heteroatoms. The van der Waals surface area contributed by atoms with Gasteiger partial charge in [-0.15, -0.1) is 0 Å². The third kappa shape index (κ3) is 25.0. The van der Waals surface area contributed by atoms with E-state index in [1.807, 2.05) is 31.2 Å². The van der Waals surface area contributed by atoms with Crippen molar-refractivity contribution in [1.82, 2.24) is 30.1 Å². The number of phenols is 3. The zero-order chi connectivity index (χ0) is 73.5. The van der Waals surface area contributed by atoms with Gasteiger partial charge in [-0.1, -0.05) is 57.2 Å². The fraction of sp³-hybridized carbons (Fsp3) is 0.423. The molecule has 3 saturated heterocycles. The number of aryl methyl sites for hydroxylation is 3. The second kappa shape index (κ2) is 36.1. The third-order valence-electron chi connectivity index (χ3n) is 15.5. The Hall–Kier alpha value is -10.4. The summed E-state index contributed by atoms with van der Waals surface area (Å²) in [7, 11) is -1.00. The van der Waals surface area contributed by atoms with Gasteiger partial charge in [0.15, 0.2) is 0 Å². The standard InChI is InChI=1S/C25H32N4O5.C20H24N4O3.C13H17N3O5.C12H17NO.CH3F/c1-15-9-10-20(17-7-6-8-19(30)12-17)29(14-15)23(32)22(31)27-18-11-16(2)21(26-13-18)28-24(33)34-25(3,4)5;1-12-6-7-17(14-4-3-5-16(25)9-14)24(11-12)20(27)19(26)23-15-8-13(2)18(21)22-10-15;1-7-5-8(15-10(17)11(18)19)6-14-9(7)16-12(20)21-13(2,3)4;1-9-5-6-12(13-8-9)10-3-2-4-11(14)7-10;1-2/h6-8,11-13,15,20,30H,9-10,14H2,1-5H3,(H,27,31)(H,26,28,33);3-5,8-10,12,17,25H,6-7,11H2,1-2H3,(H2,21,22)(H,23,26);5-6H,1-4H3,(H,15,17)(H,18,19)(H,14,16,20);2-4,7,9,12-14H,5-6,8H2,1H3;1H3/t;12-,17+;;;/m.1.../s1/i;;;;1D. The molecule has 6 atom stereocenters. The molecular weight excluding hydrogens is 1260 g/mol. The van der Waals surface area contributed by atoms with E-state index in [1.54, 1.807) is 127 Å². The van der Waals surface area contributed by atoms with Crippen molar-refractivity contribution in [3.8, 4) is 17.2 Å². The molecule has 0 spiro atoms. The van der Waals surface area contributed by atoms with E-state index in [0.717, 1.165) is 48.4 Å². The molecule has 0 radical (unpaired) electrons. The fourth-order valence-corrected chi connectivity index (χ4v) is 10.8. The minimum Gasteiger partial charge on any atom is -0.508 e. The molecular formula is C71H93FN12O14. The number of phenolic OH excluding ortho intramolecular Hbond substituents is 3. The van der Waals surface area contributed by atoms with Crippen LogP contribution in [0.3, 0.4) is 0 Å². The summed E-state index contributed by atoms with van der Waals surface area (Å²) < 4.78 is 25.8. The molecule has 98 heavy (non-hydrogen) atoms. The van der Waals surface area contributed by atoms with Crippen molar-refractivity contribution in [2.45, 2.75) is 151 Å². The van der Waals surface area contributed by atoms with Crippen LogP contribution in [0.4, 0.5) is 48.5 Å². The number of benzene rings is 3. The van der Waals surface area contributed by atoms with Crippen LogP contribution in [0.5, 0.6) is 17.2 Å². The topological polar surface area (TPSA) is 379 Å². The summed E-state index contributed by atoms with van der Waals surface area (Å²) in [6.45, 7) is 24.0.